The molecule has 0 amide bonds. The summed E-state index contributed by atoms with van der Waals surface area (Å²) in [5.41, 5.74) is 6.87. The van der Waals surface area contributed by atoms with E-state index in [1.54, 1.807) is 12.1 Å². The Labute approximate surface area is 86.3 Å². The van der Waals surface area contributed by atoms with Crippen LogP contribution >= 0.6 is 0 Å². The summed E-state index contributed by atoms with van der Waals surface area (Å²) < 4.78 is 26.7. The maximum absolute atomic E-state index is 12.4. The van der Waals surface area contributed by atoms with Gasteiger partial charge >= 0.3 is 0 Å². The van der Waals surface area contributed by atoms with E-state index in [2.05, 4.69) is 0 Å². The molecule has 0 bridgehead atoms. The molecule has 0 saturated carbocycles. The number of alkyl halides is 2. The smallest absolute Gasteiger partial charge is 0.257 e. The number of nitrogens with two attached hydrogens (primary N) is 1. The maximum Gasteiger partial charge on any atom is 0.257 e. The molecule has 0 fully saturated rings. The molecule has 15 heavy (non-hydrogen) atoms. The van der Waals surface area contributed by atoms with Crippen molar-refractivity contribution in [3.63, 3.8) is 0 Å². The molecule has 0 aliphatic heterocycles. The zero-order valence-electron chi connectivity index (χ0n) is 8.32. The Bertz CT molecular complexity index is 476. The van der Waals surface area contributed by atoms with Gasteiger partial charge in [0.25, 0.3) is 6.43 Å². The van der Waals surface area contributed by atoms with Gasteiger partial charge in [0.15, 0.2) is 0 Å². The van der Waals surface area contributed by atoms with Crippen molar-refractivity contribution < 1.29 is 8.78 Å². The Morgan fingerprint density at radius 1 is 1.27 bits per heavy atom. The van der Waals surface area contributed by atoms with Crippen LogP contribution < -0.4 is 5.73 Å². The van der Waals surface area contributed by atoms with Crippen LogP contribution in [0.4, 0.5) is 8.78 Å². The molecule has 0 radical (unpaired) electrons. The average Bonchev–Trinajstić information content (AvgIpc) is 2.59. The van der Waals surface area contributed by atoms with E-state index in [0.717, 1.165) is 10.9 Å². The number of hydrogen-bond acceptors (Lipinski definition) is 1. The second kappa shape index (κ2) is 3.62. The number of rotatable bonds is 2. The van der Waals surface area contributed by atoms with E-state index < -0.39 is 12.5 Å². The molecule has 80 valence electrons. The fourth-order valence-corrected chi connectivity index (χ4v) is 1.65. The molecule has 2 aromatic rings. The largest absolute Gasteiger partial charge is 0.351 e. The van der Waals surface area contributed by atoms with E-state index in [0.29, 0.717) is 5.56 Å². The summed E-state index contributed by atoms with van der Waals surface area (Å²) in [4.78, 5) is 0. The molecular formula is C11H12F2N2. The molecule has 4 heteroatoms. The Kier molecular flexibility index (Phi) is 2.44. The van der Waals surface area contributed by atoms with Gasteiger partial charge in [-0.15, -0.1) is 0 Å². The predicted molar refractivity (Wildman–Crippen MR) is 55.9 cm³/mol. The minimum absolute atomic E-state index is 0.476. The van der Waals surface area contributed by atoms with Crippen LogP contribution in [-0.2, 0) is 7.05 Å². The zero-order chi connectivity index (χ0) is 11.0. The molecule has 1 aromatic carbocycles. The second-order valence-electron chi connectivity index (χ2n) is 3.61. The minimum Gasteiger partial charge on any atom is -0.351 e. The van der Waals surface area contributed by atoms with Crippen LogP contribution in [0.3, 0.4) is 0 Å². The van der Waals surface area contributed by atoms with Crippen LogP contribution in [0.1, 0.15) is 11.6 Å². The number of halogens is 2. The molecule has 1 heterocycles. The van der Waals surface area contributed by atoms with Crippen molar-refractivity contribution in [3.8, 4) is 0 Å². The van der Waals surface area contributed by atoms with E-state index in [4.69, 9.17) is 5.73 Å². The fraction of sp³-hybridized carbons (Fsp3) is 0.273. The first-order valence-corrected chi connectivity index (χ1v) is 4.68. The number of fused-ring (bicyclic) bond motifs is 1. The normalized spacial score (nSPS) is 13.7. The summed E-state index contributed by atoms with van der Waals surface area (Å²) in [7, 11) is 1.91. The molecule has 2 N–H and O–H groups in total. The van der Waals surface area contributed by atoms with Gasteiger partial charge in [-0.3, -0.25) is 0 Å². The average molecular weight is 210 g/mol. The van der Waals surface area contributed by atoms with Crippen LogP contribution in [0, 0.1) is 0 Å². The lowest BCUT2D eigenvalue weighted by molar-refractivity contribution is 0.116. The highest BCUT2D eigenvalue weighted by atomic mass is 19.3. The van der Waals surface area contributed by atoms with Gasteiger partial charge in [-0.25, -0.2) is 8.78 Å². The second-order valence-corrected chi connectivity index (χ2v) is 3.61. The van der Waals surface area contributed by atoms with Gasteiger partial charge < -0.3 is 10.3 Å². The zero-order valence-corrected chi connectivity index (χ0v) is 8.32. The van der Waals surface area contributed by atoms with Gasteiger partial charge in [0.05, 0.1) is 6.04 Å². The Morgan fingerprint density at radius 2 is 2.00 bits per heavy atom. The highest BCUT2D eigenvalue weighted by Gasteiger charge is 2.17. The molecule has 0 spiro atoms. The van der Waals surface area contributed by atoms with Gasteiger partial charge in [-0.05, 0) is 29.1 Å². The van der Waals surface area contributed by atoms with Gasteiger partial charge in [0.2, 0.25) is 0 Å². The summed E-state index contributed by atoms with van der Waals surface area (Å²) in [6.07, 6.45) is -0.631. The highest BCUT2D eigenvalue weighted by molar-refractivity contribution is 5.80. The first kappa shape index (κ1) is 10.1. The SMILES string of the molecule is Cn1ccc2cc(C(N)C(F)F)ccc21. The first-order valence-electron chi connectivity index (χ1n) is 4.68. The summed E-state index contributed by atoms with van der Waals surface area (Å²) in [6, 6.07) is 5.87. The third-order valence-electron chi connectivity index (χ3n) is 2.57. The van der Waals surface area contributed by atoms with E-state index in [-0.39, 0.29) is 0 Å². The molecule has 1 aromatic heterocycles. The lowest BCUT2D eigenvalue weighted by Crippen LogP contribution is -2.18. The van der Waals surface area contributed by atoms with Crippen molar-refractivity contribution in [2.75, 3.05) is 0 Å². The molecular weight excluding hydrogens is 198 g/mol. The van der Waals surface area contributed by atoms with E-state index in [1.807, 2.05) is 29.9 Å². The van der Waals surface area contributed by atoms with Crippen LogP contribution in [-0.4, -0.2) is 11.0 Å². The molecule has 2 rings (SSSR count). The molecule has 0 aliphatic rings. The lowest BCUT2D eigenvalue weighted by Gasteiger charge is -2.10. The van der Waals surface area contributed by atoms with Crippen molar-refractivity contribution in [2.24, 2.45) is 12.8 Å². The third kappa shape index (κ3) is 1.72. The number of aromatic nitrogens is 1. The molecule has 0 saturated heterocycles. The predicted octanol–water partition coefficient (Wildman–Crippen LogP) is 2.44. The van der Waals surface area contributed by atoms with Gasteiger partial charge in [0.1, 0.15) is 0 Å². The van der Waals surface area contributed by atoms with Gasteiger partial charge in [-0.1, -0.05) is 6.07 Å². The van der Waals surface area contributed by atoms with E-state index in [1.165, 1.54) is 0 Å². The van der Waals surface area contributed by atoms with Crippen molar-refractivity contribution in [3.05, 3.63) is 36.0 Å². The van der Waals surface area contributed by atoms with Gasteiger partial charge in [0, 0.05) is 18.8 Å². The maximum atomic E-state index is 12.4. The number of hydrogen-bond donors (Lipinski definition) is 1. The topological polar surface area (TPSA) is 30.9 Å². The van der Waals surface area contributed by atoms with Crippen molar-refractivity contribution >= 4 is 10.9 Å². The molecule has 0 aliphatic carbocycles. The van der Waals surface area contributed by atoms with E-state index in [9.17, 15) is 8.78 Å². The number of benzene rings is 1. The fourth-order valence-electron chi connectivity index (χ4n) is 1.65. The lowest BCUT2D eigenvalue weighted by atomic mass is 10.1. The first-order chi connectivity index (χ1) is 7.09. The summed E-state index contributed by atoms with van der Waals surface area (Å²) >= 11 is 0. The monoisotopic (exact) mass is 210 g/mol. The van der Waals surface area contributed by atoms with Crippen LogP contribution in [0.5, 0.6) is 0 Å². The Morgan fingerprint density at radius 3 is 2.67 bits per heavy atom. The minimum atomic E-state index is -2.52. The third-order valence-corrected chi connectivity index (χ3v) is 2.57. The van der Waals surface area contributed by atoms with Crippen molar-refractivity contribution in [1.29, 1.82) is 0 Å². The van der Waals surface area contributed by atoms with Crippen LogP contribution in [0.25, 0.3) is 10.9 Å². The summed E-state index contributed by atoms with van der Waals surface area (Å²) in [5.74, 6) is 0. The summed E-state index contributed by atoms with van der Waals surface area (Å²) in [5, 5.41) is 0.936. The molecule has 1 unspecified atom stereocenters. The van der Waals surface area contributed by atoms with Crippen LogP contribution in [0.2, 0.25) is 0 Å². The number of nitrogens with zero attached hydrogens (tertiary/aromatic N) is 1. The van der Waals surface area contributed by atoms with Crippen molar-refractivity contribution in [1.82, 2.24) is 4.57 Å². The number of aryl methyl sites for hydroxylation is 1. The van der Waals surface area contributed by atoms with Gasteiger partial charge in [-0.2, -0.15) is 0 Å². The summed E-state index contributed by atoms with van der Waals surface area (Å²) in [6.45, 7) is 0. The quantitative estimate of drug-likeness (QED) is 0.810. The highest BCUT2D eigenvalue weighted by Crippen LogP contribution is 2.23. The van der Waals surface area contributed by atoms with Crippen molar-refractivity contribution in [2.45, 2.75) is 12.5 Å². The van der Waals surface area contributed by atoms with Crippen LogP contribution in [0.15, 0.2) is 30.5 Å². The van der Waals surface area contributed by atoms with E-state index >= 15 is 0 Å². The molecule has 2 nitrogen and oxygen atoms in total. The Hall–Kier alpha value is -1.42. The Balaban J connectivity index is 2.47. The molecule has 1 atom stereocenters. The standard InChI is InChI=1S/C11H12F2N2/c1-15-5-4-7-6-8(2-3-9(7)15)10(14)11(12)13/h2-6,10-11H,14H2,1H3.